The number of aromatic nitrogens is 1. The summed E-state index contributed by atoms with van der Waals surface area (Å²) in [6, 6.07) is 7.00. The van der Waals surface area contributed by atoms with E-state index in [-0.39, 0.29) is 23.4 Å². The van der Waals surface area contributed by atoms with Crippen molar-refractivity contribution >= 4 is 16.0 Å². The zero-order valence-corrected chi connectivity index (χ0v) is 13.1. The number of carbonyl (C=O) groups excluding carboxylic acids is 1. The van der Waals surface area contributed by atoms with Crippen molar-refractivity contribution in [1.29, 1.82) is 0 Å². The van der Waals surface area contributed by atoms with Crippen LogP contribution in [0.2, 0.25) is 0 Å². The molecule has 0 spiro atoms. The smallest absolute Gasteiger partial charge is 0.337 e. The second-order valence-corrected chi connectivity index (χ2v) is 6.55. The average molecular weight is 338 g/mol. The fraction of sp³-hybridized carbons (Fsp3) is 0.200. The molecule has 0 fully saturated rings. The second-order valence-electron chi connectivity index (χ2n) is 4.74. The topological polar surface area (TPSA) is 85.4 Å². The molecule has 0 bridgehead atoms. The van der Waals surface area contributed by atoms with Gasteiger partial charge in [0.1, 0.15) is 5.82 Å². The molecular formula is C15H15FN2O4S. The number of nitrogens with zero attached hydrogens (tertiary/aromatic N) is 1. The van der Waals surface area contributed by atoms with Crippen LogP contribution in [-0.2, 0) is 27.1 Å². The van der Waals surface area contributed by atoms with Gasteiger partial charge in [-0.2, -0.15) is 0 Å². The Kier molecular flexibility index (Phi) is 5.41. The van der Waals surface area contributed by atoms with Crippen LogP contribution in [0.5, 0.6) is 0 Å². The Morgan fingerprint density at radius 3 is 2.74 bits per heavy atom. The van der Waals surface area contributed by atoms with Gasteiger partial charge in [0.2, 0.25) is 10.0 Å². The molecule has 0 aliphatic carbocycles. The number of halogens is 1. The van der Waals surface area contributed by atoms with E-state index in [4.69, 9.17) is 0 Å². The van der Waals surface area contributed by atoms with Crippen molar-refractivity contribution in [3.8, 4) is 0 Å². The first kappa shape index (κ1) is 17.0. The SMILES string of the molecule is COC(=O)c1ccc(CNS(=O)(=O)Cc2cccnc2)c(F)c1. The fourth-order valence-corrected chi connectivity index (χ4v) is 2.96. The normalized spacial score (nSPS) is 11.2. The Labute approximate surface area is 133 Å². The molecule has 0 atom stereocenters. The molecule has 8 heteroatoms. The minimum Gasteiger partial charge on any atom is -0.465 e. The van der Waals surface area contributed by atoms with Crippen LogP contribution in [0.1, 0.15) is 21.5 Å². The van der Waals surface area contributed by atoms with E-state index < -0.39 is 21.8 Å². The predicted octanol–water partition coefficient (Wildman–Crippen LogP) is 1.63. The molecule has 0 radical (unpaired) electrons. The summed E-state index contributed by atoms with van der Waals surface area (Å²) in [6.07, 6.45) is 2.99. The summed E-state index contributed by atoms with van der Waals surface area (Å²) < 4.78 is 44.6. The second kappa shape index (κ2) is 7.30. The van der Waals surface area contributed by atoms with Gasteiger partial charge in [-0.3, -0.25) is 4.98 Å². The van der Waals surface area contributed by atoms with Gasteiger partial charge in [-0.1, -0.05) is 12.1 Å². The van der Waals surface area contributed by atoms with Crippen molar-refractivity contribution in [2.75, 3.05) is 7.11 Å². The molecule has 1 aromatic heterocycles. The molecule has 0 saturated heterocycles. The molecule has 2 aromatic rings. The van der Waals surface area contributed by atoms with E-state index in [0.717, 1.165) is 6.07 Å². The lowest BCUT2D eigenvalue weighted by atomic mass is 10.1. The van der Waals surface area contributed by atoms with Gasteiger partial charge >= 0.3 is 5.97 Å². The number of hydrogen-bond acceptors (Lipinski definition) is 5. The molecule has 1 aromatic carbocycles. The number of nitrogens with one attached hydrogen (secondary N) is 1. The summed E-state index contributed by atoms with van der Waals surface area (Å²) >= 11 is 0. The highest BCUT2D eigenvalue weighted by atomic mass is 32.2. The third kappa shape index (κ3) is 4.83. The summed E-state index contributed by atoms with van der Waals surface area (Å²) in [5.74, 6) is -1.59. The standard InChI is InChI=1S/C15H15FN2O4S/c1-22-15(19)12-4-5-13(14(16)7-12)9-18-23(20,21)10-11-3-2-6-17-8-11/h2-8,18H,9-10H2,1H3. The Bertz CT molecular complexity index is 794. The van der Waals surface area contributed by atoms with Crippen LogP contribution >= 0.6 is 0 Å². The van der Waals surface area contributed by atoms with Gasteiger partial charge in [0.25, 0.3) is 0 Å². The van der Waals surface area contributed by atoms with E-state index in [9.17, 15) is 17.6 Å². The van der Waals surface area contributed by atoms with Gasteiger partial charge in [-0.25, -0.2) is 22.3 Å². The van der Waals surface area contributed by atoms with Crippen molar-refractivity contribution in [1.82, 2.24) is 9.71 Å². The molecule has 1 N–H and O–H groups in total. The maximum atomic E-state index is 13.9. The van der Waals surface area contributed by atoms with Crippen molar-refractivity contribution < 1.29 is 22.3 Å². The van der Waals surface area contributed by atoms with Gasteiger partial charge in [0, 0.05) is 24.5 Å². The number of carbonyl (C=O) groups is 1. The zero-order valence-electron chi connectivity index (χ0n) is 12.3. The first-order chi connectivity index (χ1) is 10.9. The molecule has 23 heavy (non-hydrogen) atoms. The molecule has 0 unspecified atom stereocenters. The van der Waals surface area contributed by atoms with Crippen molar-refractivity contribution in [3.05, 3.63) is 65.2 Å². The third-order valence-corrected chi connectivity index (χ3v) is 4.33. The number of methoxy groups -OCH3 is 1. The largest absolute Gasteiger partial charge is 0.465 e. The monoisotopic (exact) mass is 338 g/mol. The molecular weight excluding hydrogens is 323 g/mol. The molecule has 122 valence electrons. The van der Waals surface area contributed by atoms with Crippen LogP contribution < -0.4 is 4.72 Å². The first-order valence-corrected chi connectivity index (χ1v) is 8.29. The lowest BCUT2D eigenvalue weighted by molar-refractivity contribution is 0.0600. The molecule has 1 heterocycles. The van der Waals surface area contributed by atoms with E-state index in [1.807, 2.05) is 0 Å². The summed E-state index contributed by atoms with van der Waals surface area (Å²) in [4.78, 5) is 15.1. The highest BCUT2D eigenvalue weighted by Gasteiger charge is 2.14. The maximum absolute atomic E-state index is 13.9. The first-order valence-electron chi connectivity index (χ1n) is 6.64. The van der Waals surface area contributed by atoms with E-state index in [1.165, 1.54) is 25.4 Å². The van der Waals surface area contributed by atoms with Gasteiger partial charge in [-0.15, -0.1) is 0 Å². The van der Waals surface area contributed by atoms with E-state index in [0.29, 0.717) is 5.56 Å². The van der Waals surface area contributed by atoms with Gasteiger partial charge in [0.05, 0.1) is 18.4 Å². The van der Waals surface area contributed by atoms with Crippen LogP contribution in [0, 0.1) is 5.82 Å². The predicted molar refractivity (Wildman–Crippen MR) is 81.4 cm³/mol. The van der Waals surface area contributed by atoms with Crippen LogP contribution in [0.4, 0.5) is 4.39 Å². The quantitative estimate of drug-likeness (QED) is 0.809. The number of ether oxygens (including phenoxy) is 1. The average Bonchev–Trinajstić information content (AvgIpc) is 2.53. The van der Waals surface area contributed by atoms with Gasteiger partial charge in [0.15, 0.2) is 0 Å². The summed E-state index contributed by atoms with van der Waals surface area (Å²) in [6.45, 7) is -0.212. The van der Waals surface area contributed by atoms with Crippen molar-refractivity contribution in [3.63, 3.8) is 0 Å². The number of sulfonamides is 1. The lowest BCUT2D eigenvalue weighted by Crippen LogP contribution is -2.25. The Morgan fingerprint density at radius 2 is 2.13 bits per heavy atom. The number of rotatable bonds is 6. The molecule has 0 aliphatic heterocycles. The van der Waals surface area contributed by atoms with E-state index >= 15 is 0 Å². The van der Waals surface area contributed by atoms with Gasteiger partial charge < -0.3 is 4.74 Å². The van der Waals surface area contributed by atoms with E-state index in [1.54, 1.807) is 18.3 Å². The summed E-state index contributed by atoms with van der Waals surface area (Å²) in [7, 11) is -2.43. The summed E-state index contributed by atoms with van der Waals surface area (Å²) in [5, 5.41) is 0. The highest BCUT2D eigenvalue weighted by Crippen LogP contribution is 2.12. The third-order valence-electron chi connectivity index (χ3n) is 3.04. The highest BCUT2D eigenvalue weighted by molar-refractivity contribution is 7.88. The Hall–Kier alpha value is -2.32. The number of pyridine rings is 1. The van der Waals surface area contributed by atoms with Gasteiger partial charge in [-0.05, 0) is 23.8 Å². The molecule has 0 aliphatic rings. The number of benzene rings is 1. The Morgan fingerprint density at radius 1 is 1.35 bits per heavy atom. The maximum Gasteiger partial charge on any atom is 0.337 e. The lowest BCUT2D eigenvalue weighted by Gasteiger charge is -2.08. The van der Waals surface area contributed by atoms with E-state index in [2.05, 4.69) is 14.4 Å². The molecule has 2 rings (SSSR count). The van der Waals surface area contributed by atoms with Crippen LogP contribution in [0.15, 0.2) is 42.7 Å². The molecule has 6 nitrogen and oxygen atoms in total. The van der Waals surface area contributed by atoms with Crippen molar-refractivity contribution in [2.45, 2.75) is 12.3 Å². The number of esters is 1. The van der Waals surface area contributed by atoms with Crippen LogP contribution in [0.25, 0.3) is 0 Å². The zero-order chi connectivity index (χ0) is 16.9. The minimum absolute atomic E-state index is 0.0620. The summed E-state index contributed by atoms with van der Waals surface area (Å²) in [5.41, 5.74) is 0.723. The molecule has 0 amide bonds. The minimum atomic E-state index is -3.63. The fourth-order valence-electron chi connectivity index (χ4n) is 1.88. The van der Waals surface area contributed by atoms with Crippen molar-refractivity contribution in [2.24, 2.45) is 0 Å². The van der Waals surface area contributed by atoms with Crippen LogP contribution in [-0.4, -0.2) is 26.5 Å². The number of hydrogen-bond donors (Lipinski definition) is 1. The van der Waals surface area contributed by atoms with Crippen LogP contribution in [0.3, 0.4) is 0 Å². The Balaban J connectivity index is 2.04. The molecule has 0 saturated carbocycles.